The van der Waals surface area contributed by atoms with E-state index in [1.807, 2.05) is 58.0 Å². The van der Waals surface area contributed by atoms with Crippen LogP contribution >= 0.6 is 0 Å². The van der Waals surface area contributed by atoms with Crippen molar-refractivity contribution in [3.05, 3.63) is 60.3 Å². The highest BCUT2D eigenvalue weighted by molar-refractivity contribution is 5.97. The summed E-state index contributed by atoms with van der Waals surface area (Å²) >= 11 is 0. The van der Waals surface area contributed by atoms with Gasteiger partial charge in [-0.3, -0.25) is 19.6 Å². The van der Waals surface area contributed by atoms with Crippen LogP contribution in [0.1, 0.15) is 52.5 Å². The molecule has 0 aliphatic rings. The molecule has 190 valence electrons. The number of amides is 3. The molecule has 0 aliphatic heterocycles. The molecular weight excluding hydrogens is 444 g/mol. The van der Waals surface area contributed by atoms with E-state index >= 15 is 0 Å². The predicted octanol–water partition coefficient (Wildman–Crippen LogP) is 4.06. The molecule has 0 radical (unpaired) electrons. The second-order valence-electron chi connectivity index (χ2n) is 9.28. The van der Waals surface area contributed by atoms with E-state index in [-0.39, 0.29) is 23.7 Å². The van der Waals surface area contributed by atoms with Gasteiger partial charge in [-0.25, -0.2) is 10.0 Å². The first kappa shape index (κ1) is 28.0. The van der Waals surface area contributed by atoms with Crippen molar-refractivity contribution in [1.82, 2.24) is 15.4 Å². The number of aryl methyl sites for hydroxylation is 1. The smallest absolute Gasteiger partial charge is 0.248 e. The number of benzene rings is 1. The molecule has 0 bridgehead atoms. The van der Waals surface area contributed by atoms with Crippen LogP contribution < -0.4 is 10.6 Å². The van der Waals surface area contributed by atoms with Gasteiger partial charge in [-0.05, 0) is 48.8 Å². The number of carbonyl (C=O) groups excluding carboxylic acids is 3. The quantitative estimate of drug-likeness (QED) is 0.214. The summed E-state index contributed by atoms with van der Waals surface area (Å²) in [5, 5.41) is 16.6. The zero-order chi connectivity index (χ0) is 25.8. The zero-order valence-corrected chi connectivity index (χ0v) is 21.1. The van der Waals surface area contributed by atoms with Crippen LogP contribution in [0.25, 0.3) is 0 Å². The summed E-state index contributed by atoms with van der Waals surface area (Å²) in [4.78, 5) is 42.2. The monoisotopic (exact) mass is 482 g/mol. The van der Waals surface area contributed by atoms with Crippen molar-refractivity contribution in [3.8, 4) is 0 Å². The molecule has 2 rings (SSSR count). The minimum absolute atomic E-state index is 0.138. The number of carbonyl (C=O) groups is 3. The van der Waals surface area contributed by atoms with Gasteiger partial charge in [0.25, 0.3) is 0 Å². The highest BCUT2D eigenvalue weighted by Gasteiger charge is 2.37. The fourth-order valence-corrected chi connectivity index (χ4v) is 4.26. The lowest BCUT2D eigenvalue weighted by atomic mass is 9.84. The molecule has 0 fully saturated rings. The number of hydrogen-bond acceptors (Lipinski definition) is 5. The molecule has 1 heterocycles. The Balaban J connectivity index is 2.23. The Morgan fingerprint density at radius 1 is 1.06 bits per heavy atom. The second kappa shape index (κ2) is 14.2. The number of hydrogen-bond donors (Lipinski definition) is 3. The highest BCUT2D eigenvalue weighted by Crippen LogP contribution is 2.25. The fourth-order valence-electron chi connectivity index (χ4n) is 4.26. The summed E-state index contributed by atoms with van der Waals surface area (Å²) in [6, 6.07) is 13.6. The standard InChI is InChI=1S/C27H38N4O4/c1-5-20(4)24(27(34)29-23-16-9-10-17-28-23)30-26(33)22(25(19(2)3)31(35)18-32)15-11-14-21-12-7-6-8-13-21/h6-10,12-13,16-20,22,24-25,35H,5,11,14-15H2,1-4H3,(H,30,33)(H,28,29,34)/t20-,22+,24-,25-/m0/s1. The van der Waals surface area contributed by atoms with Gasteiger partial charge in [-0.15, -0.1) is 0 Å². The minimum Gasteiger partial charge on any atom is -0.344 e. The molecular formula is C27H38N4O4. The first-order valence-corrected chi connectivity index (χ1v) is 12.3. The van der Waals surface area contributed by atoms with Crippen LogP contribution in [0.15, 0.2) is 54.7 Å². The Morgan fingerprint density at radius 2 is 1.74 bits per heavy atom. The van der Waals surface area contributed by atoms with Crippen molar-refractivity contribution in [3.63, 3.8) is 0 Å². The van der Waals surface area contributed by atoms with E-state index in [2.05, 4.69) is 15.6 Å². The third-order valence-electron chi connectivity index (χ3n) is 6.38. The Morgan fingerprint density at radius 3 is 2.31 bits per heavy atom. The SMILES string of the molecule is CC[C@H](C)[C@H](NC(=O)[C@H](CCCc1ccccc1)[C@H](C(C)C)N(O)C=O)C(=O)Nc1ccccn1. The third kappa shape index (κ3) is 8.47. The molecule has 0 aliphatic carbocycles. The Bertz CT molecular complexity index is 923. The molecule has 8 heteroatoms. The lowest BCUT2D eigenvalue weighted by Gasteiger charge is -2.34. The molecule has 8 nitrogen and oxygen atoms in total. The molecule has 35 heavy (non-hydrogen) atoms. The minimum atomic E-state index is -0.790. The molecule has 1 aromatic heterocycles. The molecule has 0 saturated carbocycles. The molecule has 3 amide bonds. The fraction of sp³-hybridized carbons (Fsp3) is 0.481. The maximum Gasteiger partial charge on any atom is 0.248 e. The number of anilines is 1. The summed E-state index contributed by atoms with van der Waals surface area (Å²) in [5.41, 5.74) is 1.15. The van der Waals surface area contributed by atoms with Gasteiger partial charge in [0.15, 0.2) is 0 Å². The first-order chi connectivity index (χ1) is 16.8. The van der Waals surface area contributed by atoms with Crippen molar-refractivity contribution in [2.75, 3.05) is 5.32 Å². The van der Waals surface area contributed by atoms with Crippen molar-refractivity contribution >= 4 is 24.0 Å². The average Bonchev–Trinajstić information content (AvgIpc) is 2.86. The van der Waals surface area contributed by atoms with E-state index in [0.717, 1.165) is 12.0 Å². The highest BCUT2D eigenvalue weighted by atomic mass is 16.5. The van der Waals surface area contributed by atoms with Crippen molar-refractivity contribution < 1.29 is 19.6 Å². The first-order valence-electron chi connectivity index (χ1n) is 12.3. The predicted molar refractivity (Wildman–Crippen MR) is 135 cm³/mol. The van der Waals surface area contributed by atoms with Gasteiger partial charge in [0.05, 0.1) is 12.0 Å². The van der Waals surface area contributed by atoms with Crippen molar-refractivity contribution in [2.24, 2.45) is 17.8 Å². The van der Waals surface area contributed by atoms with E-state index in [1.165, 1.54) is 0 Å². The van der Waals surface area contributed by atoms with Crippen LogP contribution in [0.5, 0.6) is 0 Å². The van der Waals surface area contributed by atoms with Gasteiger partial charge in [0.2, 0.25) is 18.2 Å². The van der Waals surface area contributed by atoms with Gasteiger partial charge in [-0.1, -0.05) is 70.5 Å². The van der Waals surface area contributed by atoms with Crippen LogP contribution in [-0.4, -0.2) is 45.6 Å². The lowest BCUT2D eigenvalue weighted by molar-refractivity contribution is -0.173. The van der Waals surface area contributed by atoms with Gasteiger partial charge < -0.3 is 10.6 Å². The summed E-state index contributed by atoms with van der Waals surface area (Å²) in [7, 11) is 0. The number of nitrogens with zero attached hydrogens (tertiary/aromatic N) is 2. The van der Waals surface area contributed by atoms with Crippen LogP contribution in [0.3, 0.4) is 0 Å². The van der Waals surface area contributed by atoms with Crippen LogP contribution in [0.4, 0.5) is 5.82 Å². The van der Waals surface area contributed by atoms with Gasteiger partial charge in [0.1, 0.15) is 11.9 Å². The zero-order valence-electron chi connectivity index (χ0n) is 21.1. The molecule has 0 spiro atoms. The summed E-state index contributed by atoms with van der Waals surface area (Å²) < 4.78 is 0. The van der Waals surface area contributed by atoms with Crippen LogP contribution in [0.2, 0.25) is 0 Å². The van der Waals surface area contributed by atoms with E-state index in [1.54, 1.807) is 24.4 Å². The third-order valence-corrected chi connectivity index (χ3v) is 6.38. The Hall–Kier alpha value is -3.26. The molecule has 2 aromatic rings. The van der Waals surface area contributed by atoms with E-state index in [9.17, 15) is 19.6 Å². The van der Waals surface area contributed by atoms with Crippen molar-refractivity contribution in [1.29, 1.82) is 0 Å². The van der Waals surface area contributed by atoms with Crippen molar-refractivity contribution in [2.45, 2.75) is 65.5 Å². The maximum atomic E-state index is 13.6. The second-order valence-corrected chi connectivity index (χ2v) is 9.28. The topological polar surface area (TPSA) is 112 Å². The average molecular weight is 483 g/mol. The molecule has 4 atom stereocenters. The Kier molecular flexibility index (Phi) is 11.4. The molecule has 0 unspecified atom stereocenters. The normalized spacial score (nSPS) is 14.5. The number of pyridine rings is 1. The lowest BCUT2D eigenvalue weighted by Crippen LogP contribution is -2.54. The number of rotatable bonds is 14. The number of nitrogens with one attached hydrogen (secondary N) is 2. The summed E-state index contributed by atoms with van der Waals surface area (Å²) in [6.45, 7) is 7.56. The number of aromatic nitrogens is 1. The van der Waals surface area contributed by atoms with Gasteiger partial charge in [0, 0.05) is 6.20 Å². The maximum absolute atomic E-state index is 13.6. The van der Waals surface area contributed by atoms with Gasteiger partial charge in [-0.2, -0.15) is 0 Å². The van der Waals surface area contributed by atoms with Gasteiger partial charge >= 0.3 is 0 Å². The van der Waals surface area contributed by atoms with E-state index in [4.69, 9.17) is 0 Å². The van der Waals surface area contributed by atoms with E-state index in [0.29, 0.717) is 36.6 Å². The molecule has 3 N–H and O–H groups in total. The Labute approximate surface area is 208 Å². The summed E-state index contributed by atoms with van der Waals surface area (Å²) in [5.74, 6) is -1.32. The van der Waals surface area contributed by atoms with E-state index < -0.39 is 18.0 Å². The summed E-state index contributed by atoms with van der Waals surface area (Å²) in [6.07, 6.45) is 4.49. The largest absolute Gasteiger partial charge is 0.344 e. The van der Waals surface area contributed by atoms with Crippen LogP contribution in [0, 0.1) is 17.8 Å². The molecule has 0 saturated heterocycles. The molecule has 1 aromatic carbocycles. The number of hydroxylamine groups is 2. The van der Waals surface area contributed by atoms with Crippen LogP contribution in [-0.2, 0) is 20.8 Å².